The summed E-state index contributed by atoms with van der Waals surface area (Å²) >= 11 is 0. The zero-order valence-electron chi connectivity index (χ0n) is 15.0. The van der Waals surface area contributed by atoms with Gasteiger partial charge in [0.2, 0.25) is 5.91 Å². The normalized spacial score (nSPS) is 12.0. The summed E-state index contributed by atoms with van der Waals surface area (Å²) in [6, 6.07) is 0. The van der Waals surface area contributed by atoms with E-state index in [2.05, 4.69) is 18.7 Å². The van der Waals surface area contributed by atoms with Crippen molar-refractivity contribution in [1.29, 1.82) is 0 Å². The molecule has 0 heterocycles. The number of hydrogen-bond acceptors (Lipinski definition) is 4. The topological polar surface area (TPSA) is 49.9 Å². The third-order valence-electron chi connectivity index (χ3n) is 3.62. The molecule has 128 valence electrons. The highest BCUT2D eigenvalue weighted by Gasteiger charge is 2.20. The molecule has 0 aromatic rings. The summed E-state index contributed by atoms with van der Waals surface area (Å²) in [5, 5.41) is 0. The summed E-state index contributed by atoms with van der Waals surface area (Å²) in [5.74, 6) is -0.623. The monoisotopic (exact) mass is 312 g/mol. The molecule has 0 radical (unpaired) electrons. The maximum atomic E-state index is 12.3. The van der Waals surface area contributed by atoms with Crippen LogP contribution in [0.2, 0.25) is 0 Å². The van der Waals surface area contributed by atoms with E-state index in [4.69, 9.17) is 4.74 Å². The van der Waals surface area contributed by atoms with E-state index in [9.17, 15) is 9.59 Å². The molecular weight excluding hydrogens is 280 g/mol. The van der Waals surface area contributed by atoms with Crippen LogP contribution in [0.15, 0.2) is 11.6 Å². The lowest BCUT2D eigenvalue weighted by atomic mass is 10.1. The minimum absolute atomic E-state index is 0.0321. The first-order valence-electron chi connectivity index (χ1n) is 8.09. The van der Waals surface area contributed by atoms with Crippen molar-refractivity contribution in [3.8, 4) is 0 Å². The van der Waals surface area contributed by atoms with Crippen LogP contribution in [0, 0.1) is 5.92 Å². The minimum Gasteiger partial charge on any atom is -0.469 e. The highest BCUT2D eigenvalue weighted by atomic mass is 16.5. The number of ether oxygens (including phenoxy) is 1. The van der Waals surface area contributed by atoms with E-state index < -0.39 is 0 Å². The molecule has 5 nitrogen and oxygen atoms in total. The summed E-state index contributed by atoms with van der Waals surface area (Å²) in [7, 11) is 1.38. The molecule has 0 saturated heterocycles. The van der Waals surface area contributed by atoms with E-state index in [1.54, 1.807) is 17.9 Å². The number of nitrogens with zero attached hydrogens (tertiary/aromatic N) is 2. The number of hydrogen-bond donors (Lipinski definition) is 0. The van der Waals surface area contributed by atoms with Gasteiger partial charge in [0.1, 0.15) is 0 Å². The fourth-order valence-corrected chi connectivity index (χ4v) is 2.26. The molecule has 0 aromatic heterocycles. The van der Waals surface area contributed by atoms with Crippen LogP contribution in [-0.2, 0) is 14.3 Å². The van der Waals surface area contributed by atoms with Crippen LogP contribution in [0.4, 0.5) is 0 Å². The lowest BCUT2D eigenvalue weighted by molar-refractivity contribution is -0.146. The molecule has 0 spiro atoms. The van der Waals surface area contributed by atoms with Crippen LogP contribution in [0.25, 0.3) is 0 Å². The second-order valence-corrected chi connectivity index (χ2v) is 5.81. The number of carbonyl (C=O) groups is 2. The lowest BCUT2D eigenvalue weighted by Crippen LogP contribution is -2.38. The maximum Gasteiger partial charge on any atom is 0.310 e. The number of rotatable bonds is 10. The second-order valence-electron chi connectivity index (χ2n) is 5.81. The quantitative estimate of drug-likeness (QED) is 0.459. The van der Waals surface area contributed by atoms with Crippen LogP contribution < -0.4 is 0 Å². The van der Waals surface area contributed by atoms with Crippen molar-refractivity contribution in [3.63, 3.8) is 0 Å². The van der Waals surface area contributed by atoms with E-state index in [0.717, 1.165) is 31.6 Å². The largest absolute Gasteiger partial charge is 0.469 e. The molecule has 0 saturated carbocycles. The predicted octanol–water partition coefficient (Wildman–Crippen LogP) is 2.32. The Bertz CT molecular complexity index is 372. The van der Waals surface area contributed by atoms with Gasteiger partial charge in [0.05, 0.1) is 13.0 Å². The molecular formula is C17H32N2O3. The first kappa shape index (κ1) is 20.6. The molecule has 0 bridgehead atoms. The van der Waals surface area contributed by atoms with E-state index in [1.807, 2.05) is 13.8 Å². The average molecular weight is 312 g/mol. The zero-order valence-corrected chi connectivity index (χ0v) is 15.0. The van der Waals surface area contributed by atoms with Crippen LogP contribution in [-0.4, -0.2) is 61.5 Å². The van der Waals surface area contributed by atoms with Gasteiger partial charge in [-0.25, -0.2) is 0 Å². The Hall–Kier alpha value is -1.36. The lowest BCUT2D eigenvalue weighted by Gasteiger charge is -2.26. The van der Waals surface area contributed by atoms with Crippen LogP contribution in [0.3, 0.4) is 0 Å². The standard InChI is InChI=1S/C17H32N2O3/c1-7-18(8-2)10-9-11-19(16(20)12-14(3)4)13-15(5)17(21)22-6/h12,15H,7-11,13H2,1-6H3. The summed E-state index contributed by atoms with van der Waals surface area (Å²) in [6.07, 6.45) is 2.53. The molecule has 22 heavy (non-hydrogen) atoms. The van der Waals surface area contributed by atoms with Crippen molar-refractivity contribution in [2.75, 3.05) is 39.8 Å². The van der Waals surface area contributed by atoms with Crippen molar-refractivity contribution in [3.05, 3.63) is 11.6 Å². The molecule has 0 N–H and O–H groups in total. The zero-order chi connectivity index (χ0) is 17.1. The fraction of sp³-hybridized carbons (Fsp3) is 0.765. The van der Waals surface area contributed by atoms with Gasteiger partial charge in [-0.1, -0.05) is 26.3 Å². The van der Waals surface area contributed by atoms with Gasteiger partial charge >= 0.3 is 5.97 Å². The summed E-state index contributed by atoms with van der Waals surface area (Å²) in [6.45, 7) is 13.9. The van der Waals surface area contributed by atoms with Gasteiger partial charge in [0, 0.05) is 19.2 Å². The summed E-state index contributed by atoms with van der Waals surface area (Å²) < 4.78 is 4.75. The molecule has 0 aliphatic carbocycles. The highest BCUT2D eigenvalue weighted by Crippen LogP contribution is 2.06. The molecule has 0 aromatic carbocycles. The highest BCUT2D eigenvalue weighted by molar-refractivity contribution is 5.88. The first-order chi connectivity index (χ1) is 10.3. The fourth-order valence-electron chi connectivity index (χ4n) is 2.26. The Labute approximate surface area is 135 Å². The van der Waals surface area contributed by atoms with Crippen molar-refractivity contribution in [2.24, 2.45) is 5.92 Å². The predicted molar refractivity (Wildman–Crippen MR) is 89.6 cm³/mol. The Morgan fingerprint density at radius 1 is 1.14 bits per heavy atom. The van der Waals surface area contributed by atoms with Crippen LogP contribution in [0.1, 0.15) is 41.0 Å². The summed E-state index contributed by atoms with van der Waals surface area (Å²) in [5.41, 5.74) is 0.962. The molecule has 1 unspecified atom stereocenters. The number of allylic oxidation sites excluding steroid dienone is 1. The van der Waals surface area contributed by atoms with E-state index in [1.165, 1.54) is 7.11 Å². The van der Waals surface area contributed by atoms with E-state index in [0.29, 0.717) is 13.1 Å². The number of carbonyl (C=O) groups excluding carboxylic acids is 2. The van der Waals surface area contributed by atoms with Gasteiger partial charge in [-0.05, 0) is 39.9 Å². The molecule has 5 heteroatoms. The molecule has 0 rings (SSSR count). The second kappa shape index (κ2) is 11.2. The maximum absolute atomic E-state index is 12.3. The number of methoxy groups -OCH3 is 1. The van der Waals surface area contributed by atoms with Gasteiger partial charge in [-0.15, -0.1) is 0 Å². The number of esters is 1. The smallest absolute Gasteiger partial charge is 0.310 e. The Morgan fingerprint density at radius 2 is 1.73 bits per heavy atom. The van der Waals surface area contributed by atoms with Crippen LogP contribution >= 0.6 is 0 Å². The minimum atomic E-state index is -0.312. The third-order valence-corrected chi connectivity index (χ3v) is 3.62. The molecule has 0 aliphatic heterocycles. The van der Waals surface area contributed by atoms with Crippen molar-refractivity contribution < 1.29 is 14.3 Å². The van der Waals surface area contributed by atoms with Gasteiger partial charge in [-0.2, -0.15) is 0 Å². The SMILES string of the molecule is CCN(CC)CCCN(CC(C)C(=O)OC)C(=O)C=C(C)C. The molecule has 1 atom stereocenters. The summed E-state index contributed by atoms with van der Waals surface area (Å²) in [4.78, 5) is 28.0. The van der Waals surface area contributed by atoms with Gasteiger partial charge in [-0.3, -0.25) is 9.59 Å². The molecule has 0 aliphatic rings. The van der Waals surface area contributed by atoms with Gasteiger partial charge < -0.3 is 14.5 Å². The van der Waals surface area contributed by atoms with Crippen molar-refractivity contribution in [2.45, 2.75) is 41.0 Å². The van der Waals surface area contributed by atoms with Crippen molar-refractivity contribution >= 4 is 11.9 Å². The van der Waals surface area contributed by atoms with Crippen molar-refractivity contribution in [1.82, 2.24) is 9.80 Å². The molecule has 0 fully saturated rings. The van der Waals surface area contributed by atoms with E-state index in [-0.39, 0.29) is 17.8 Å². The Morgan fingerprint density at radius 3 is 2.18 bits per heavy atom. The Kier molecular flexibility index (Phi) is 10.5. The van der Waals surface area contributed by atoms with E-state index >= 15 is 0 Å². The van der Waals surface area contributed by atoms with Gasteiger partial charge in [0.25, 0.3) is 0 Å². The van der Waals surface area contributed by atoms with Crippen LogP contribution in [0.5, 0.6) is 0 Å². The molecule has 1 amide bonds. The Balaban J connectivity index is 4.69. The third kappa shape index (κ3) is 8.17. The number of amides is 1. The average Bonchev–Trinajstić information content (AvgIpc) is 2.48. The van der Waals surface area contributed by atoms with Gasteiger partial charge in [0.15, 0.2) is 0 Å². The first-order valence-corrected chi connectivity index (χ1v) is 8.09.